The third kappa shape index (κ3) is 6.18. The van der Waals surface area contributed by atoms with E-state index in [1.54, 1.807) is 13.0 Å². The molecule has 1 fully saturated rings. The molecule has 0 amide bonds. The summed E-state index contributed by atoms with van der Waals surface area (Å²) in [5.41, 5.74) is 0.801. The summed E-state index contributed by atoms with van der Waals surface area (Å²) >= 11 is 0. The van der Waals surface area contributed by atoms with E-state index in [2.05, 4.69) is 19.1 Å². The van der Waals surface area contributed by atoms with Crippen LogP contribution < -0.4 is 0 Å². The van der Waals surface area contributed by atoms with Gasteiger partial charge in [-0.2, -0.15) is 13.2 Å². The van der Waals surface area contributed by atoms with Crippen molar-refractivity contribution in [2.24, 2.45) is 5.92 Å². The van der Waals surface area contributed by atoms with Crippen molar-refractivity contribution < 1.29 is 26.7 Å². The smallest absolute Gasteiger partial charge is 0.381 e. The number of rotatable bonds is 7. The van der Waals surface area contributed by atoms with Crippen molar-refractivity contribution in [1.82, 2.24) is 0 Å². The number of hydrogen-bond acceptors (Lipinski definition) is 1. The van der Waals surface area contributed by atoms with Crippen molar-refractivity contribution in [2.75, 3.05) is 13.2 Å². The van der Waals surface area contributed by atoms with Crippen LogP contribution in [0.15, 0.2) is 36.4 Å². The van der Waals surface area contributed by atoms with Gasteiger partial charge in [-0.3, -0.25) is 0 Å². The lowest BCUT2D eigenvalue weighted by atomic mass is 9.79. The third-order valence-electron chi connectivity index (χ3n) is 6.12. The fourth-order valence-electron chi connectivity index (χ4n) is 4.33. The molecule has 0 atom stereocenters. The van der Waals surface area contributed by atoms with E-state index < -0.39 is 23.4 Å². The van der Waals surface area contributed by atoms with Crippen molar-refractivity contribution in [3.63, 3.8) is 0 Å². The van der Waals surface area contributed by atoms with Gasteiger partial charge in [0.25, 0.3) is 0 Å². The van der Waals surface area contributed by atoms with Gasteiger partial charge >= 0.3 is 6.18 Å². The van der Waals surface area contributed by atoms with Crippen LogP contribution in [0.4, 0.5) is 22.0 Å². The minimum absolute atomic E-state index is 0.0840. The summed E-state index contributed by atoms with van der Waals surface area (Å²) in [6, 6.07) is 9.46. The van der Waals surface area contributed by atoms with Crippen molar-refractivity contribution in [3.05, 3.63) is 70.3 Å². The van der Waals surface area contributed by atoms with Crippen LogP contribution in [0, 0.1) is 17.6 Å². The molecule has 2 aromatic carbocycles. The van der Waals surface area contributed by atoms with E-state index in [9.17, 15) is 22.0 Å². The second-order valence-electron chi connectivity index (χ2n) is 8.60. The van der Waals surface area contributed by atoms with Crippen molar-refractivity contribution in [2.45, 2.75) is 58.0 Å². The Hall–Kier alpha value is -2.21. The number of alkyl halides is 3. The molecule has 0 aliphatic heterocycles. The molecule has 0 N–H and O–H groups in total. The van der Waals surface area contributed by atoms with Crippen molar-refractivity contribution in [3.8, 4) is 0 Å². The summed E-state index contributed by atoms with van der Waals surface area (Å²) in [4.78, 5) is 0. The monoisotopic (exact) mass is 452 g/mol. The molecule has 32 heavy (non-hydrogen) atoms. The molecule has 0 saturated heterocycles. The van der Waals surface area contributed by atoms with Crippen LogP contribution in [-0.4, -0.2) is 13.2 Å². The molecular formula is C26H29F5O. The minimum atomic E-state index is -5.07. The van der Waals surface area contributed by atoms with Gasteiger partial charge in [-0.1, -0.05) is 37.3 Å². The van der Waals surface area contributed by atoms with Crippen molar-refractivity contribution >= 4 is 11.6 Å². The SMILES string of the molecule is CCCOCC1CCC(c2ccc(C=C(C)c3cc(F)c(C(F)(F)F)c(F)c3)cc2)CC1. The topological polar surface area (TPSA) is 9.23 Å². The number of hydrogen-bond donors (Lipinski definition) is 0. The van der Waals surface area contributed by atoms with Gasteiger partial charge in [-0.15, -0.1) is 0 Å². The molecule has 6 heteroatoms. The number of halogens is 5. The first-order valence-corrected chi connectivity index (χ1v) is 11.1. The highest BCUT2D eigenvalue weighted by Crippen LogP contribution is 2.37. The van der Waals surface area contributed by atoms with E-state index in [4.69, 9.17) is 4.74 Å². The fraction of sp³-hybridized carbons (Fsp3) is 0.462. The molecule has 1 aliphatic rings. The molecule has 3 rings (SSSR count). The molecule has 174 valence electrons. The maximum Gasteiger partial charge on any atom is 0.422 e. The summed E-state index contributed by atoms with van der Waals surface area (Å²) in [6.45, 7) is 5.39. The number of allylic oxidation sites excluding steroid dienone is 1. The van der Waals surface area contributed by atoms with E-state index in [1.807, 2.05) is 12.1 Å². The van der Waals surface area contributed by atoms with Gasteiger partial charge in [0.2, 0.25) is 0 Å². The first-order chi connectivity index (χ1) is 15.2. The van der Waals surface area contributed by atoms with Gasteiger partial charge in [0.05, 0.1) is 0 Å². The summed E-state index contributed by atoms with van der Waals surface area (Å²) in [5.74, 6) is -2.07. The quantitative estimate of drug-likeness (QED) is 0.233. The van der Waals surface area contributed by atoms with Gasteiger partial charge in [-0.25, -0.2) is 8.78 Å². The summed E-state index contributed by atoms with van der Waals surface area (Å²) in [5, 5.41) is 0. The number of benzene rings is 2. The Kier molecular flexibility index (Phi) is 8.10. The predicted molar refractivity (Wildman–Crippen MR) is 117 cm³/mol. The van der Waals surface area contributed by atoms with Crippen LogP contribution in [0.5, 0.6) is 0 Å². The molecule has 1 saturated carbocycles. The van der Waals surface area contributed by atoms with Crippen LogP contribution in [0.1, 0.15) is 74.1 Å². The molecule has 0 spiro atoms. The third-order valence-corrected chi connectivity index (χ3v) is 6.12. The Morgan fingerprint density at radius 2 is 1.59 bits per heavy atom. The van der Waals surface area contributed by atoms with Gasteiger partial charge in [0, 0.05) is 13.2 Å². The van der Waals surface area contributed by atoms with Crippen LogP contribution in [0.3, 0.4) is 0 Å². The standard InChI is InChI=1S/C26H29F5O/c1-3-12-32-16-19-6-10-21(11-7-19)20-8-4-18(5-9-20)13-17(2)22-14-23(27)25(24(28)15-22)26(29,30)31/h4-5,8-9,13-15,19,21H,3,6-7,10-12,16H2,1-2H3. The van der Waals surface area contributed by atoms with Gasteiger partial charge in [0.15, 0.2) is 0 Å². The van der Waals surface area contributed by atoms with Crippen molar-refractivity contribution in [1.29, 1.82) is 0 Å². The Balaban J connectivity index is 1.65. The Morgan fingerprint density at radius 1 is 1.00 bits per heavy atom. The van der Waals surface area contributed by atoms with E-state index in [0.717, 1.165) is 63.0 Å². The van der Waals surface area contributed by atoms with E-state index >= 15 is 0 Å². The summed E-state index contributed by atoms with van der Waals surface area (Å²) in [6.07, 6.45) is 2.24. The second kappa shape index (κ2) is 10.6. The zero-order chi connectivity index (χ0) is 23.3. The summed E-state index contributed by atoms with van der Waals surface area (Å²) in [7, 11) is 0. The average molecular weight is 453 g/mol. The largest absolute Gasteiger partial charge is 0.422 e. The number of ether oxygens (including phenoxy) is 1. The zero-order valence-electron chi connectivity index (χ0n) is 18.4. The summed E-state index contributed by atoms with van der Waals surface area (Å²) < 4.78 is 71.8. The fourth-order valence-corrected chi connectivity index (χ4v) is 4.33. The van der Waals surface area contributed by atoms with Crippen LogP contribution in [0.2, 0.25) is 0 Å². The Morgan fingerprint density at radius 3 is 2.12 bits per heavy atom. The first-order valence-electron chi connectivity index (χ1n) is 11.1. The highest BCUT2D eigenvalue weighted by molar-refractivity contribution is 5.80. The first kappa shape index (κ1) is 24.4. The zero-order valence-corrected chi connectivity index (χ0v) is 18.4. The van der Waals surface area contributed by atoms with E-state index in [0.29, 0.717) is 17.4 Å². The van der Waals surface area contributed by atoms with Crippen LogP contribution in [-0.2, 0) is 10.9 Å². The highest BCUT2D eigenvalue weighted by atomic mass is 19.4. The Bertz CT molecular complexity index is 899. The highest BCUT2D eigenvalue weighted by Gasteiger charge is 2.38. The van der Waals surface area contributed by atoms with Crippen LogP contribution in [0.25, 0.3) is 11.6 Å². The predicted octanol–water partition coefficient (Wildman–Crippen LogP) is 8.24. The molecule has 1 aliphatic carbocycles. The van der Waals surface area contributed by atoms with Crippen LogP contribution >= 0.6 is 0 Å². The van der Waals surface area contributed by atoms with Gasteiger partial charge < -0.3 is 4.74 Å². The van der Waals surface area contributed by atoms with E-state index in [-0.39, 0.29) is 5.56 Å². The minimum Gasteiger partial charge on any atom is -0.381 e. The molecule has 0 aromatic heterocycles. The average Bonchev–Trinajstić information content (AvgIpc) is 2.73. The molecule has 2 aromatic rings. The van der Waals surface area contributed by atoms with Gasteiger partial charge in [0.1, 0.15) is 17.2 Å². The maximum absolute atomic E-state index is 13.9. The molecule has 0 radical (unpaired) electrons. The molecular weight excluding hydrogens is 423 g/mol. The molecule has 0 unspecified atom stereocenters. The maximum atomic E-state index is 13.9. The normalized spacial score (nSPS) is 19.9. The molecule has 0 bridgehead atoms. The Labute approximate surface area is 186 Å². The lowest BCUT2D eigenvalue weighted by molar-refractivity contribution is -0.142. The second-order valence-corrected chi connectivity index (χ2v) is 8.60. The molecule has 0 heterocycles. The lowest BCUT2D eigenvalue weighted by Crippen LogP contribution is -2.18. The molecule has 1 nitrogen and oxygen atoms in total. The van der Waals surface area contributed by atoms with Gasteiger partial charge in [-0.05, 0) is 85.3 Å². The van der Waals surface area contributed by atoms with E-state index in [1.165, 1.54) is 5.56 Å². The lowest BCUT2D eigenvalue weighted by Gasteiger charge is -2.28.